The molecule has 6 heteroatoms. The van der Waals surface area contributed by atoms with Gasteiger partial charge in [0, 0.05) is 19.4 Å². The Morgan fingerprint density at radius 2 is 1.84 bits per heavy atom. The Labute approximate surface area is 191 Å². The Morgan fingerprint density at radius 1 is 1.06 bits per heavy atom. The molecule has 2 aromatic rings. The Bertz CT molecular complexity index is 866. The van der Waals surface area contributed by atoms with E-state index in [2.05, 4.69) is 21.7 Å². The van der Waals surface area contributed by atoms with Gasteiger partial charge < -0.3 is 4.57 Å². The number of benzene rings is 1. The van der Waals surface area contributed by atoms with Crippen LogP contribution in [-0.4, -0.2) is 14.8 Å². The first-order chi connectivity index (χ1) is 15.3. The fourth-order valence-electron chi connectivity index (χ4n) is 4.07. The molecular formula is C26H38F3N3. The number of alkyl halides is 3. The van der Waals surface area contributed by atoms with Crippen LogP contribution in [0.15, 0.2) is 24.3 Å². The molecule has 0 spiro atoms. The fraction of sp³-hybridized carbons (Fsp3) is 0.615. The minimum Gasteiger partial charge on any atom is -0.315 e. The van der Waals surface area contributed by atoms with E-state index in [9.17, 15) is 13.2 Å². The number of nitrogens with zero attached hydrogens (tertiary/aromatic N) is 3. The number of rotatable bonds is 7. The molecule has 1 aromatic carbocycles. The second-order valence-electron chi connectivity index (χ2n) is 8.51. The predicted octanol–water partition coefficient (Wildman–Crippen LogP) is 7.95. The first-order valence-corrected chi connectivity index (χ1v) is 12.1. The number of halogens is 3. The van der Waals surface area contributed by atoms with Crippen molar-refractivity contribution in [1.29, 1.82) is 0 Å². The maximum Gasteiger partial charge on any atom is 0.416 e. The van der Waals surface area contributed by atoms with Gasteiger partial charge in [0.05, 0.1) is 5.56 Å². The van der Waals surface area contributed by atoms with Crippen molar-refractivity contribution in [2.45, 2.75) is 105 Å². The molecule has 0 saturated heterocycles. The minimum absolute atomic E-state index is 0.276. The average molecular weight is 450 g/mol. The molecule has 1 aliphatic heterocycles. The van der Waals surface area contributed by atoms with Crippen molar-refractivity contribution in [3.05, 3.63) is 52.6 Å². The maximum absolute atomic E-state index is 12.8. The van der Waals surface area contributed by atoms with Gasteiger partial charge in [-0.1, -0.05) is 58.2 Å². The molecule has 0 unspecified atom stereocenters. The van der Waals surface area contributed by atoms with Crippen molar-refractivity contribution in [3.8, 4) is 0 Å². The van der Waals surface area contributed by atoms with Gasteiger partial charge in [0.15, 0.2) is 0 Å². The molecule has 0 radical (unpaired) electrons. The lowest BCUT2D eigenvalue weighted by Gasteiger charge is -2.14. The zero-order chi connectivity index (χ0) is 23.6. The van der Waals surface area contributed by atoms with E-state index < -0.39 is 11.7 Å². The van der Waals surface area contributed by atoms with Crippen LogP contribution in [0.4, 0.5) is 13.2 Å². The zero-order valence-electron chi connectivity index (χ0n) is 20.1. The van der Waals surface area contributed by atoms with Crippen LogP contribution < -0.4 is 0 Å². The smallest absolute Gasteiger partial charge is 0.315 e. The minimum atomic E-state index is -4.27. The van der Waals surface area contributed by atoms with Gasteiger partial charge in [-0.05, 0) is 61.8 Å². The lowest BCUT2D eigenvalue weighted by atomic mass is 9.96. The van der Waals surface area contributed by atoms with Crippen molar-refractivity contribution in [1.82, 2.24) is 14.8 Å². The Morgan fingerprint density at radius 3 is 2.50 bits per heavy atom. The van der Waals surface area contributed by atoms with E-state index in [-0.39, 0.29) is 5.56 Å². The summed E-state index contributed by atoms with van der Waals surface area (Å²) in [5.41, 5.74) is 1.44. The second-order valence-corrected chi connectivity index (χ2v) is 8.51. The molecule has 1 aromatic heterocycles. The molecule has 3 nitrogen and oxygen atoms in total. The molecule has 0 aliphatic carbocycles. The molecule has 0 amide bonds. The maximum atomic E-state index is 12.8. The number of unbranched alkanes of at least 4 members (excludes halogenated alkanes) is 1. The highest BCUT2D eigenvalue weighted by molar-refractivity contribution is 5.66. The van der Waals surface area contributed by atoms with E-state index in [0.29, 0.717) is 5.56 Å². The molecule has 0 N–H and O–H groups in total. The van der Waals surface area contributed by atoms with E-state index in [1.54, 1.807) is 12.1 Å². The molecule has 0 bridgehead atoms. The molecule has 32 heavy (non-hydrogen) atoms. The second kappa shape index (κ2) is 12.8. The quantitative estimate of drug-likeness (QED) is 0.429. The van der Waals surface area contributed by atoms with E-state index in [4.69, 9.17) is 0 Å². The van der Waals surface area contributed by atoms with Crippen LogP contribution in [0, 0.1) is 6.92 Å². The van der Waals surface area contributed by atoms with Gasteiger partial charge in [0.1, 0.15) is 11.6 Å². The number of hydrogen-bond acceptors (Lipinski definition) is 2. The molecule has 3 rings (SSSR count). The van der Waals surface area contributed by atoms with Gasteiger partial charge in [-0.2, -0.15) is 13.2 Å². The predicted molar refractivity (Wildman–Crippen MR) is 126 cm³/mol. The number of aryl methyl sites for hydroxylation is 3. The summed E-state index contributed by atoms with van der Waals surface area (Å²) in [6.07, 6.45) is 8.94. The zero-order valence-corrected chi connectivity index (χ0v) is 20.1. The highest BCUT2D eigenvalue weighted by atomic mass is 19.4. The van der Waals surface area contributed by atoms with Gasteiger partial charge in [0.2, 0.25) is 0 Å². The monoisotopic (exact) mass is 449 g/mol. The summed E-state index contributed by atoms with van der Waals surface area (Å²) in [5, 5.41) is 8.57. The molecule has 0 saturated carbocycles. The van der Waals surface area contributed by atoms with Crippen LogP contribution in [0.5, 0.6) is 0 Å². The third kappa shape index (κ3) is 7.49. The van der Waals surface area contributed by atoms with E-state index in [1.807, 2.05) is 19.9 Å². The summed E-state index contributed by atoms with van der Waals surface area (Å²) >= 11 is 0. The van der Waals surface area contributed by atoms with Gasteiger partial charge in [-0.3, -0.25) is 0 Å². The number of allylic oxidation sites excluding steroid dienone is 2. The third-order valence-electron chi connectivity index (χ3n) is 5.82. The summed E-state index contributed by atoms with van der Waals surface area (Å²) in [6.45, 7) is 8.88. The third-order valence-corrected chi connectivity index (χ3v) is 5.82. The number of aromatic nitrogens is 3. The molecule has 1 aliphatic rings. The lowest BCUT2D eigenvalue weighted by molar-refractivity contribution is -0.138. The van der Waals surface area contributed by atoms with Gasteiger partial charge in [0.25, 0.3) is 0 Å². The Hall–Kier alpha value is -2.11. The molecule has 178 valence electrons. The Kier molecular flexibility index (Phi) is 10.5. The molecule has 0 atom stereocenters. The first kappa shape index (κ1) is 26.1. The van der Waals surface area contributed by atoms with Crippen LogP contribution >= 0.6 is 0 Å². The SMILES string of the molecule is CC/C=C(\CCC)c1ccc(C)c(C(F)(F)F)c1.CCCCc1nnc2n1CCCCC2. The van der Waals surface area contributed by atoms with Crippen LogP contribution in [0.3, 0.4) is 0 Å². The normalized spacial score (nSPS) is 14.4. The van der Waals surface area contributed by atoms with Crippen molar-refractivity contribution < 1.29 is 13.2 Å². The van der Waals surface area contributed by atoms with Crippen molar-refractivity contribution >= 4 is 5.57 Å². The molecule has 0 fully saturated rings. The highest BCUT2D eigenvalue weighted by Crippen LogP contribution is 2.34. The van der Waals surface area contributed by atoms with Crippen LogP contribution in [0.2, 0.25) is 0 Å². The van der Waals surface area contributed by atoms with Crippen LogP contribution in [0.25, 0.3) is 5.57 Å². The number of fused-ring (bicyclic) bond motifs is 1. The topological polar surface area (TPSA) is 30.7 Å². The standard InChI is InChI=1S/C15H19F3.C11H19N3/c1-4-6-12(7-5-2)13-9-8-11(3)14(10-13)15(16,17)18;1-2-3-7-10-12-13-11-8-5-4-6-9-14(10)11/h6,8-10H,4-5,7H2,1-3H3;2-9H2,1H3/b12-6+;. The average Bonchev–Trinajstić information content (AvgIpc) is 2.98. The summed E-state index contributed by atoms with van der Waals surface area (Å²) in [6, 6.07) is 4.60. The van der Waals surface area contributed by atoms with E-state index in [0.717, 1.165) is 44.2 Å². The van der Waals surface area contributed by atoms with Crippen molar-refractivity contribution in [2.24, 2.45) is 0 Å². The number of hydrogen-bond donors (Lipinski definition) is 0. The summed E-state index contributed by atoms with van der Waals surface area (Å²) < 4.78 is 40.9. The largest absolute Gasteiger partial charge is 0.416 e. The van der Waals surface area contributed by atoms with Gasteiger partial charge in [-0.25, -0.2) is 0 Å². The van der Waals surface area contributed by atoms with E-state index in [1.165, 1.54) is 56.7 Å². The highest BCUT2D eigenvalue weighted by Gasteiger charge is 2.32. The van der Waals surface area contributed by atoms with Crippen LogP contribution in [0.1, 0.15) is 100 Å². The summed E-state index contributed by atoms with van der Waals surface area (Å²) in [5.74, 6) is 2.43. The van der Waals surface area contributed by atoms with Gasteiger partial charge in [-0.15, -0.1) is 10.2 Å². The molecule has 2 heterocycles. The first-order valence-electron chi connectivity index (χ1n) is 12.1. The molecular weight excluding hydrogens is 411 g/mol. The summed E-state index contributed by atoms with van der Waals surface area (Å²) in [7, 11) is 0. The van der Waals surface area contributed by atoms with Crippen LogP contribution in [-0.2, 0) is 25.6 Å². The van der Waals surface area contributed by atoms with E-state index >= 15 is 0 Å². The summed E-state index contributed by atoms with van der Waals surface area (Å²) in [4.78, 5) is 0. The van der Waals surface area contributed by atoms with Crippen molar-refractivity contribution in [2.75, 3.05) is 0 Å². The lowest BCUT2D eigenvalue weighted by Crippen LogP contribution is -2.08. The van der Waals surface area contributed by atoms with Crippen molar-refractivity contribution in [3.63, 3.8) is 0 Å². The van der Waals surface area contributed by atoms with Gasteiger partial charge >= 0.3 is 6.18 Å². The fourth-order valence-corrected chi connectivity index (χ4v) is 4.07. The Balaban J connectivity index is 0.000000233.